The van der Waals surface area contributed by atoms with Gasteiger partial charge in [-0.1, -0.05) is 19.9 Å². The third-order valence-corrected chi connectivity index (χ3v) is 4.80. The van der Waals surface area contributed by atoms with Gasteiger partial charge in [-0.2, -0.15) is 0 Å². The van der Waals surface area contributed by atoms with E-state index in [4.69, 9.17) is 0 Å². The van der Waals surface area contributed by atoms with Crippen LogP contribution >= 0.6 is 0 Å². The van der Waals surface area contributed by atoms with Crippen LogP contribution in [-0.4, -0.2) is 11.6 Å². The molecule has 2 aliphatic carbocycles. The van der Waals surface area contributed by atoms with Gasteiger partial charge in [0.15, 0.2) is 5.78 Å². The number of fused-ring (bicyclic) bond motifs is 1. The topological polar surface area (TPSA) is 34.1 Å². The normalized spacial score (nSPS) is 42.9. The average Bonchev–Trinajstić information content (AvgIpc) is 2.21. The minimum absolute atomic E-state index is 0.125. The zero-order valence-electron chi connectivity index (χ0n) is 10.3. The Morgan fingerprint density at radius 3 is 2.75 bits per heavy atom. The van der Waals surface area contributed by atoms with E-state index in [1.165, 1.54) is 0 Å². The Balaban J connectivity index is 2.27. The molecule has 2 heteroatoms. The van der Waals surface area contributed by atoms with Crippen molar-refractivity contribution < 1.29 is 9.59 Å². The summed E-state index contributed by atoms with van der Waals surface area (Å²) in [6.07, 6.45) is 6.32. The van der Waals surface area contributed by atoms with E-state index in [-0.39, 0.29) is 22.9 Å². The quantitative estimate of drug-likeness (QED) is 0.681. The lowest BCUT2D eigenvalue weighted by Crippen LogP contribution is -2.43. The van der Waals surface area contributed by atoms with Crippen molar-refractivity contribution in [2.75, 3.05) is 0 Å². The minimum Gasteiger partial charge on any atom is -0.300 e. The van der Waals surface area contributed by atoms with E-state index < -0.39 is 0 Å². The van der Waals surface area contributed by atoms with Crippen LogP contribution in [0.15, 0.2) is 12.2 Å². The molecular weight excluding hydrogens is 200 g/mol. The van der Waals surface area contributed by atoms with Crippen LogP contribution in [0.5, 0.6) is 0 Å². The van der Waals surface area contributed by atoms with Gasteiger partial charge in [0, 0.05) is 12.3 Å². The minimum atomic E-state index is 0.125. The van der Waals surface area contributed by atoms with E-state index >= 15 is 0 Å². The van der Waals surface area contributed by atoms with Crippen LogP contribution < -0.4 is 0 Å². The molecule has 0 aromatic carbocycles. The summed E-state index contributed by atoms with van der Waals surface area (Å²) >= 11 is 0. The Labute approximate surface area is 97.1 Å². The first-order chi connectivity index (χ1) is 7.43. The van der Waals surface area contributed by atoms with Crippen LogP contribution in [0.2, 0.25) is 0 Å². The summed E-state index contributed by atoms with van der Waals surface area (Å²) in [4.78, 5) is 23.0. The zero-order chi connectivity index (χ0) is 11.9. The van der Waals surface area contributed by atoms with Gasteiger partial charge in [0.05, 0.1) is 0 Å². The van der Waals surface area contributed by atoms with Gasteiger partial charge in [-0.05, 0) is 43.1 Å². The number of rotatable bonds is 1. The van der Waals surface area contributed by atoms with Gasteiger partial charge in [0.1, 0.15) is 5.78 Å². The van der Waals surface area contributed by atoms with E-state index in [1.54, 1.807) is 13.0 Å². The third-order valence-electron chi connectivity index (χ3n) is 4.80. The molecule has 2 rings (SSSR count). The maximum Gasteiger partial charge on any atom is 0.155 e. The largest absolute Gasteiger partial charge is 0.300 e. The molecule has 0 radical (unpaired) electrons. The SMILES string of the molecule is CC(=O)[C@H]1C[C@@H]2CC(=O)C=C[C@]2(C)[C@@H](C)C1. The summed E-state index contributed by atoms with van der Waals surface area (Å²) in [7, 11) is 0. The van der Waals surface area contributed by atoms with Crippen molar-refractivity contribution in [2.45, 2.75) is 40.0 Å². The molecule has 0 bridgehead atoms. The van der Waals surface area contributed by atoms with Crippen molar-refractivity contribution in [2.24, 2.45) is 23.2 Å². The van der Waals surface area contributed by atoms with E-state index in [0.717, 1.165) is 12.8 Å². The molecule has 16 heavy (non-hydrogen) atoms. The second-order valence-electron chi connectivity index (χ2n) is 5.75. The molecule has 88 valence electrons. The lowest BCUT2D eigenvalue weighted by Gasteiger charge is -2.48. The maximum atomic E-state index is 11.5. The van der Waals surface area contributed by atoms with E-state index in [0.29, 0.717) is 18.3 Å². The molecule has 0 N–H and O–H groups in total. The van der Waals surface area contributed by atoms with Crippen LogP contribution in [0.1, 0.15) is 40.0 Å². The molecule has 2 aliphatic rings. The fraction of sp³-hybridized carbons (Fsp3) is 0.714. The summed E-state index contributed by atoms with van der Waals surface area (Å²) in [5.74, 6) is 1.54. The summed E-state index contributed by atoms with van der Waals surface area (Å²) in [6.45, 7) is 6.13. The fourth-order valence-corrected chi connectivity index (χ4v) is 3.30. The highest BCUT2D eigenvalue weighted by molar-refractivity contribution is 5.91. The molecule has 4 atom stereocenters. The first-order valence-electron chi connectivity index (χ1n) is 6.16. The Morgan fingerprint density at radius 1 is 1.44 bits per heavy atom. The number of hydrogen-bond acceptors (Lipinski definition) is 2. The van der Waals surface area contributed by atoms with Crippen LogP contribution in [0, 0.1) is 23.2 Å². The first-order valence-corrected chi connectivity index (χ1v) is 6.16. The fourth-order valence-electron chi connectivity index (χ4n) is 3.30. The smallest absolute Gasteiger partial charge is 0.155 e. The molecule has 0 unspecified atom stereocenters. The van der Waals surface area contributed by atoms with Gasteiger partial charge in [-0.15, -0.1) is 0 Å². The number of ketones is 2. The number of carbonyl (C=O) groups excluding carboxylic acids is 2. The van der Waals surface area contributed by atoms with Crippen molar-refractivity contribution in [3.05, 3.63) is 12.2 Å². The molecule has 1 saturated carbocycles. The van der Waals surface area contributed by atoms with Crippen LogP contribution in [0.4, 0.5) is 0 Å². The van der Waals surface area contributed by atoms with E-state index in [9.17, 15) is 9.59 Å². The molecule has 0 aromatic rings. The highest BCUT2D eigenvalue weighted by Gasteiger charge is 2.46. The lowest BCUT2D eigenvalue weighted by atomic mass is 9.55. The number of carbonyl (C=O) groups is 2. The van der Waals surface area contributed by atoms with Crippen LogP contribution in [0.3, 0.4) is 0 Å². The summed E-state index contributed by atoms with van der Waals surface area (Å²) in [6, 6.07) is 0. The van der Waals surface area contributed by atoms with E-state index in [1.807, 2.05) is 0 Å². The van der Waals surface area contributed by atoms with Crippen LogP contribution in [-0.2, 0) is 9.59 Å². The predicted octanol–water partition coefficient (Wildman–Crippen LogP) is 2.77. The van der Waals surface area contributed by atoms with Crippen LogP contribution in [0.25, 0.3) is 0 Å². The molecule has 0 amide bonds. The molecule has 0 saturated heterocycles. The Kier molecular flexibility index (Phi) is 2.77. The second kappa shape index (κ2) is 3.83. The Bertz CT molecular complexity index is 356. The molecule has 0 heterocycles. The highest BCUT2D eigenvalue weighted by Crippen LogP contribution is 2.51. The second-order valence-corrected chi connectivity index (χ2v) is 5.75. The van der Waals surface area contributed by atoms with Gasteiger partial charge < -0.3 is 0 Å². The summed E-state index contributed by atoms with van der Waals surface area (Å²) in [5.41, 5.74) is 0.125. The third kappa shape index (κ3) is 1.74. The Hall–Kier alpha value is -0.920. The van der Waals surface area contributed by atoms with Crippen molar-refractivity contribution in [3.8, 4) is 0 Å². The number of hydrogen-bond donors (Lipinski definition) is 0. The van der Waals surface area contributed by atoms with Gasteiger partial charge >= 0.3 is 0 Å². The van der Waals surface area contributed by atoms with Crippen molar-refractivity contribution in [3.63, 3.8) is 0 Å². The molecule has 2 nitrogen and oxygen atoms in total. The molecule has 0 aliphatic heterocycles. The van der Waals surface area contributed by atoms with Crippen molar-refractivity contribution in [1.82, 2.24) is 0 Å². The van der Waals surface area contributed by atoms with Gasteiger partial charge in [-0.25, -0.2) is 0 Å². The monoisotopic (exact) mass is 220 g/mol. The number of Topliss-reactive ketones (excluding diaryl/α,β-unsaturated/α-hetero) is 1. The van der Waals surface area contributed by atoms with Gasteiger partial charge in [0.25, 0.3) is 0 Å². The summed E-state index contributed by atoms with van der Waals surface area (Å²) < 4.78 is 0. The molecule has 0 spiro atoms. The standard InChI is InChI=1S/C14H20O2/c1-9-6-11(10(2)15)7-12-8-13(16)4-5-14(9,12)3/h4-5,9,11-12H,6-8H2,1-3H3/t9-,11+,12+,14+/m0/s1. The molecule has 0 aromatic heterocycles. The maximum absolute atomic E-state index is 11.5. The highest BCUT2D eigenvalue weighted by atomic mass is 16.1. The van der Waals surface area contributed by atoms with Gasteiger partial charge in [-0.3, -0.25) is 9.59 Å². The van der Waals surface area contributed by atoms with Crippen molar-refractivity contribution >= 4 is 11.6 Å². The molecular formula is C14H20O2. The average molecular weight is 220 g/mol. The van der Waals surface area contributed by atoms with Crippen molar-refractivity contribution in [1.29, 1.82) is 0 Å². The Morgan fingerprint density at radius 2 is 2.12 bits per heavy atom. The number of allylic oxidation sites excluding steroid dienone is 2. The van der Waals surface area contributed by atoms with Gasteiger partial charge in [0.2, 0.25) is 0 Å². The zero-order valence-corrected chi connectivity index (χ0v) is 10.3. The predicted molar refractivity (Wildman–Crippen MR) is 62.9 cm³/mol. The summed E-state index contributed by atoms with van der Waals surface area (Å²) in [5, 5.41) is 0. The molecule has 1 fully saturated rings. The lowest BCUT2D eigenvalue weighted by molar-refractivity contribution is -0.127. The van der Waals surface area contributed by atoms with E-state index in [2.05, 4.69) is 19.9 Å². The first kappa shape index (κ1) is 11.6.